The fourth-order valence-electron chi connectivity index (χ4n) is 3.14. The standard InChI is InChI=1S/C19H15ClF3N3/c20-16-9-13(5-6-15(16)19(21,22)23)11-25-7-8-26(12-25)18-10-24-17-4-2-1-3-14(17)18/h1-10,24H,11-12H2. The topological polar surface area (TPSA) is 22.3 Å². The fraction of sp³-hybridized carbons (Fsp3) is 0.158. The molecule has 0 amide bonds. The molecule has 2 heterocycles. The molecule has 134 valence electrons. The summed E-state index contributed by atoms with van der Waals surface area (Å²) >= 11 is 5.80. The van der Waals surface area contributed by atoms with Gasteiger partial charge in [-0.15, -0.1) is 0 Å². The van der Waals surface area contributed by atoms with E-state index < -0.39 is 11.7 Å². The monoisotopic (exact) mass is 377 g/mol. The number of fused-ring (bicyclic) bond motifs is 1. The molecule has 4 rings (SSSR count). The van der Waals surface area contributed by atoms with Crippen molar-refractivity contribution in [3.05, 3.63) is 77.2 Å². The van der Waals surface area contributed by atoms with Crippen molar-refractivity contribution in [3.8, 4) is 0 Å². The number of alkyl halides is 3. The summed E-state index contributed by atoms with van der Waals surface area (Å²) in [6.45, 7) is 1.09. The number of aromatic nitrogens is 1. The molecule has 3 aromatic rings. The molecule has 3 nitrogen and oxygen atoms in total. The molecule has 0 atom stereocenters. The molecule has 0 fully saturated rings. The zero-order chi connectivity index (χ0) is 18.3. The molecular formula is C19H15ClF3N3. The van der Waals surface area contributed by atoms with Crippen LogP contribution in [0.15, 0.2) is 61.1 Å². The van der Waals surface area contributed by atoms with E-state index >= 15 is 0 Å². The maximum Gasteiger partial charge on any atom is 0.417 e. The zero-order valence-corrected chi connectivity index (χ0v) is 14.3. The zero-order valence-electron chi connectivity index (χ0n) is 13.6. The molecule has 0 unspecified atom stereocenters. The van der Waals surface area contributed by atoms with Gasteiger partial charge in [0.25, 0.3) is 0 Å². The second-order valence-corrected chi connectivity index (χ2v) is 6.59. The Morgan fingerprint density at radius 2 is 1.88 bits per heavy atom. The number of rotatable bonds is 3. The molecule has 7 heteroatoms. The van der Waals surface area contributed by atoms with Gasteiger partial charge in [-0.1, -0.05) is 35.9 Å². The van der Waals surface area contributed by atoms with E-state index in [2.05, 4.69) is 9.88 Å². The Morgan fingerprint density at radius 1 is 1.08 bits per heavy atom. The second kappa shape index (κ2) is 6.29. The van der Waals surface area contributed by atoms with Gasteiger partial charge in [-0.05, 0) is 23.8 Å². The highest BCUT2D eigenvalue weighted by atomic mass is 35.5. The molecule has 1 N–H and O–H groups in total. The molecule has 26 heavy (non-hydrogen) atoms. The molecule has 1 aromatic heterocycles. The number of para-hydroxylation sites is 1. The lowest BCUT2D eigenvalue weighted by Crippen LogP contribution is -2.24. The lowest BCUT2D eigenvalue weighted by atomic mass is 10.1. The Morgan fingerprint density at radius 3 is 2.65 bits per heavy atom. The summed E-state index contributed by atoms with van der Waals surface area (Å²) in [6.07, 6.45) is 1.40. The van der Waals surface area contributed by atoms with Crippen molar-refractivity contribution in [3.63, 3.8) is 0 Å². The molecule has 0 radical (unpaired) electrons. The van der Waals surface area contributed by atoms with E-state index in [9.17, 15) is 13.2 Å². The third-order valence-electron chi connectivity index (χ3n) is 4.39. The highest BCUT2D eigenvalue weighted by Gasteiger charge is 2.33. The lowest BCUT2D eigenvalue weighted by Gasteiger charge is -2.21. The smallest absolute Gasteiger partial charge is 0.359 e. The van der Waals surface area contributed by atoms with Gasteiger partial charge in [0.15, 0.2) is 0 Å². The Labute approximate surface area is 153 Å². The molecular weight excluding hydrogens is 363 g/mol. The number of nitrogens with zero attached hydrogens (tertiary/aromatic N) is 2. The van der Waals surface area contributed by atoms with Crippen LogP contribution in [-0.2, 0) is 12.7 Å². The summed E-state index contributed by atoms with van der Waals surface area (Å²) in [5.74, 6) is 0. The first-order chi connectivity index (χ1) is 12.4. The lowest BCUT2D eigenvalue weighted by molar-refractivity contribution is -0.137. The van der Waals surface area contributed by atoms with E-state index in [0.717, 1.165) is 28.2 Å². The molecule has 0 spiro atoms. The summed E-state index contributed by atoms with van der Waals surface area (Å²) in [5.41, 5.74) is 2.04. The normalized spacial score (nSPS) is 14.6. The SMILES string of the molecule is FC(F)(F)c1ccc(CN2C=CN(c3c[nH]c4ccccc34)C2)cc1Cl. The van der Waals surface area contributed by atoms with Crippen LogP contribution in [0, 0.1) is 0 Å². The average molecular weight is 378 g/mol. The highest BCUT2D eigenvalue weighted by Crippen LogP contribution is 2.35. The number of halogens is 4. The van der Waals surface area contributed by atoms with Gasteiger partial charge in [0.05, 0.1) is 22.9 Å². The van der Waals surface area contributed by atoms with Crippen molar-refractivity contribution in [2.24, 2.45) is 0 Å². The summed E-state index contributed by atoms with van der Waals surface area (Å²) < 4.78 is 38.4. The number of nitrogens with one attached hydrogen (secondary N) is 1. The van der Waals surface area contributed by atoms with E-state index in [1.165, 1.54) is 12.1 Å². The fourth-order valence-corrected chi connectivity index (χ4v) is 3.45. The van der Waals surface area contributed by atoms with Gasteiger partial charge in [-0.3, -0.25) is 0 Å². The number of benzene rings is 2. The third-order valence-corrected chi connectivity index (χ3v) is 4.71. The van der Waals surface area contributed by atoms with E-state index in [0.29, 0.717) is 13.2 Å². The van der Waals surface area contributed by atoms with Crippen LogP contribution >= 0.6 is 11.6 Å². The number of H-pyrrole nitrogens is 1. The third kappa shape index (κ3) is 3.12. The van der Waals surface area contributed by atoms with Crippen molar-refractivity contribution in [2.45, 2.75) is 12.7 Å². The summed E-state index contributed by atoms with van der Waals surface area (Å²) in [7, 11) is 0. The first kappa shape index (κ1) is 16.8. The Bertz CT molecular complexity index is 978. The maximum absolute atomic E-state index is 12.8. The van der Waals surface area contributed by atoms with E-state index in [1.54, 1.807) is 0 Å². The minimum Gasteiger partial charge on any atom is -0.359 e. The minimum atomic E-state index is -4.44. The van der Waals surface area contributed by atoms with E-state index in [1.807, 2.05) is 47.8 Å². The van der Waals surface area contributed by atoms with Crippen LogP contribution in [0.3, 0.4) is 0 Å². The Balaban J connectivity index is 1.48. The molecule has 1 aliphatic rings. The molecule has 0 aliphatic carbocycles. The largest absolute Gasteiger partial charge is 0.417 e. The van der Waals surface area contributed by atoms with Gasteiger partial charge in [0.1, 0.15) is 0 Å². The Kier molecular flexibility index (Phi) is 4.07. The molecule has 1 aliphatic heterocycles. The highest BCUT2D eigenvalue weighted by molar-refractivity contribution is 6.31. The molecule has 0 bridgehead atoms. The van der Waals surface area contributed by atoms with Crippen molar-refractivity contribution >= 4 is 28.2 Å². The van der Waals surface area contributed by atoms with Crippen molar-refractivity contribution in [1.82, 2.24) is 9.88 Å². The summed E-state index contributed by atoms with van der Waals surface area (Å²) in [4.78, 5) is 7.34. The van der Waals surface area contributed by atoms with Gasteiger partial charge >= 0.3 is 6.18 Å². The average Bonchev–Trinajstić information content (AvgIpc) is 3.20. The molecule has 2 aromatic carbocycles. The number of aromatic amines is 1. The predicted octanol–water partition coefficient (Wildman–Crippen LogP) is 5.59. The van der Waals surface area contributed by atoms with E-state index in [4.69, 9.17) is 11.6 Å². The van der Waals surface area contributed by atoms with Crippen LogP contribution in [-0.4, -0.2) is 16.6 Å². The van der Waals surface area contributed by atoms with Crippen LogP contribution in [0.2, 0.25) is 5.02 Å². The van der Waals surface area contributed by atoms with Crippen LogP contribution in [0.1, 0.15) is 11.1 Å². The number of hydrogen-bond acceptors (Lipinski definition) is 2. The first-order valence-electron chi connectivity index (χ1n) is 8.02. The van der Waals surface area contributed by atoms with Gasteiger partial charge in [0.2, 0.25) is 0 Å². The summed E-state index contributed by atoms with van der Waals surface area (Å²) in [5, 5.41) is 0.850. The summed E-state index contributed by atoms with van der Waals surface area (Å²) in [6, 6.07) is 11.9. The first-order valence-corrected chi connectivity index (χ1v) is 8.40. The predicted molar refractivity (Wildman–Crippen MR) is 96.8 cm³/mol. The van der Waals surface area contributed by atoms with Crippen molar-refractivity contribution < 1.29 is 13.2 Å². The number of hydrogen-bond donors (Lipinski definition) is 1. The van der Waals surface area contributed by atoms with Gasteiger partial charge < -0.3 is 14.8 Å². The molecule has 0 saturated carbocycles. The van der Waals surface area contributed by atoms with Gasteiger partial charge in [0, 0.05) is 36.0 Å². The van der Waals surface area contributed by atoms with E-state index in [-0.39, 0.29) is 5.02 Å². The number of anilines is 1. The van der Waals surface area contributed by atoms with Crippen molar-refractivity contribution in [2.75, 3.05) is 11.6 Å². The van der Waals surface area contributed by atoms with Crippen LogP contribution in [0.5, 0.6) is 0 Å². The van der Waals surface area contributed by atoms with Crippen molar-refractivity contribution in [1.29, 1.82) is 0 Å². The second-order valence-electron chi connectivity index (χ2n) is 6.19. The molecule has 0 saturated heterocycles. The minimum absolute atomic E-state index is 0.272. The van der Waals surface area contributed by atoms with Gasteiger partial charge in [-0.2, -0.15) is 13.2 Å². The van der Waals surface area contributed by atoms with Crippen LogP contribution in [0.25, 0.3) is 10.9 Å². The quantitative estimate of drug-likeness (QED) is 0.642. The van der Waals surface area contributed by atoms with Crippen LogP contribution < -0.4 is 4.90 Å². The maximum atomic E-state index is 12.8. The van der Waals surface area contributed by atoms with Crippen LogP contribution in [0.4, 0.5) is 18.9 Å². The van der Waals surface area contributed by atoms with Gasteiger partial charge in [-0.25, -0.2) is 0 Å². The Hall–Kier alpha value is -2.60.